The van der Waals surface area contributed by atoms with E-state index in [1.54, 1.807) is 0 Å². The summed E-state index contributed by atoms with van der Waals surface area (Å²) in [6.45, 7) is -0.213. The van der Waals surface area contributed by atoms with Crippen LogP contribution < -0.4 is 5.73 Å². The van der Waals surface area contributed by atoms with E-state index in [2.05, 4.69) is 4.74 Å². The zero-order valence-electron chi connectivity index (χ0n) is 8.33. The summed E-state index contributed by atoms with van der Waals surface area (Å²) in [5.74, 6) is -0.831. The molecule has 0 amide bonds. The summed E-state index contributed by atoms with van der Waals surface area (Å²) in [7, 11) is 0. The van der Waals surface area contributed by atoms with Gasteiger partial charge in [0.2, 0.25) is 5.78 Å². The summed E-state index contributed by atoms with van der Waals surface area (Å²) in [6.07, 6.45) is 6.04. The van der Waals surface area contributed by atoms with E-state index in [0.29, 0.717) is 12.3 Å². The Bertz CT molecular complexity index is 209. The number of esters is 1. The van der Waals surface area contributed by atoms with Crippen molar-refractivity contribution in [3.8, 4) is 0 Å². The van der Waals surface area contributed by atoms with Crippen molar-refractivity contribution >= 4 is 11.8 Å². The van der Waals surface area contributed by atoms with Gasteiger partial charge in [0.25, 0.3) is 0 Å². The first-order valence-electron chi connectivity index (χ1n) is 5.14. The quantitative estimate of drug-likeness (QED) is 0.416. The minimum atomic E-state index is -0.780. The van der Waals surface area contributed by atoms with Crippen LogP contribution in [0, 0.1) is 5.92 Å². The molecule has 4 nitrogen and oxygen atoms in total. The van der Waals surface area contributed by atoms with Gasteiger partial charge in [-0.15, -0.1) is 0 Å². The smallest absolute Gasteiger partial charge is 0.375 e. The van der Waals surface area contributed by atoms with Gasteiger partial charge in [-0.25, -0.2) is 4.79 Å². The molecule has 0 aromatic rings. The van der Waals surface area contributed by atoms with Crippen molar-refractivity contribution in [2.24, 2.45) is 11.7 Å². The van der Waals surface area contributed by atoms with Gasteiger partial charge >= 0.3 is 5.97 Å². The Labute approximate surface area is 83.8 Å². The van der Waals surface area contributed by atoms with E-state index in [1.807, 2.05) is 0 Å². The fraction of sp³-hybridized carbons (Fsp3) is 0.800. The SMILES string of the molecule is NCOC(=O)C(=O)CC1CCCCC1. The number of ether oxygens (including phenoxy) is 1. The van der Waals surface area contributed by atoms with Gasteiger partial charge in [-0.1, -0.05) is 32.1 Å². The van der Waals surface area contributed by atoms with Crippen molar-refractivity contribution in [3.05, 3.63) is 0 Å². The molecule has 1 rings (SSSR count). The molecule has 0 aliphatic heterocycles. The maximum atomic E-state index is 11.3. The van der Waals surface area contributed by atoms with Crippen LogP contribution in [-0.2, 0) is 14.3 Å². The Balaban J connectivity index is 2.28. The highest BCUT2D eigenvalue weighted by Gasteiger charge is 2.22. The molecule has 0 saturated heterocycles. The summed E-state index contributed by atoms with van der Waals surface area (Å²) in [6, 6.07) is 0. The van der Waals surface area contributed by atoms with Crippen LogP contribution in [-0.4, -0.2) is 18.5 Å². The van der Waals surface area contributed by atoms with Crippen molar-refractivity contribution in [3.63, 3.8) is 0 Å². The zero-order valence-corrected chi connectivity index (χ0v) is 8.33. The summed E-state index contributed by atoms with van der Waals surface area (Å²) in [5.41, 5.74) is 5.01. The van der Waals surface area contributed by atoms with Gasteiger partial charge in [-0.2, -0.15) is 0 Å². The summed E-state index contributed by atoms with van der Waals surface area (Å²) < 4.78 is 4.43. The third-order valence-corrected chi connectivity index (χ3v) is 2.64. The molecule has 1 aliphatic carbocycles. The normalized spacial score (nSPS) is 17.8. The molecule has 1 fully saturated rings. The van der Waals surface area contributed by atoms with Gasteiger partial charge in [0.15, 0.2) is 0 Å². The van der Waals surface area contributed by atoms with Crippen LogP contribution in [0.2, 0.25) is 0 Å². The van der Waals surface area contributed by atoms with Crippen LogP contribution in [0.4, 0.5) is 0 Å². The van der Waals surface area contributed by atoms with Crippen LogP contribution in [0.15, 0.2) is 0 Å². The molecule has 0 radical (unpaired) electrons. The molecule has 0 atom stereocenters. The van der Waals surface area contributed by atoms with Crippen molar-refractivity contribution in [2.75, 3.05) is 6.73 Å². The summed E-state index contributed by atoms with van der Waals surface area (Å²) in [5, 5.41) is 0. The molecular formula is C10H17NO3. The first-order chi connectivity index (χ1) is 6.74. The van der Waals surface area contributed by atoms with Gasteiger partial charge in [-0.3, -0.25) is 10.5 Å². The fourth-order valence-corrected chi connectivity index (χ4v) is 1.89. The number of ketones is 1. The van der Waals surface area contributed by atoms with Crippen LogP contribution in [0.1, 0.15) is 38.5 Å². The van der Waals surface area contributed by atoms with Gasteiger partial charge in [-0.05, 0) is 5.92 Å². The molecule has 0 aromatic carbocycles. The average molecular weight is 199 g/mol. The van der Waals surface area contributed by atoms with E-state index in [-0.39, 0.29) is 6.73 Å². The number of rotatable bonds is 4. The molecule has 14 heavy (non-hydrogen) atoms. The minimum absolute atomic E-state index is 0.213. The second-order valence-electron chi connectivity index (χ2n) is 3.73. The third kappa shape index (κ3) is 3.46. The molecule has 2 N–H and O–H groups in total. The molecule has 1 saturated carbocycles. The Morgan fingerprint density at radius 1 is 1.21 bits per heavy atom. The Kier molecular flexibility index (Phi) is 4.59. The standard InChI is InChI=1S/C10H17NO3/c11-7-14-10(13)9(12)6-8-4-2-1-3-5-8/h8H,1-7,11H2. The fourth-order valence-electron chi connectivity index (χ4n) is 1.89. The Morgan fingerprint density at radius 2 is 1.86 bits per heavy atom. The molecular weight excluding hydrogens is 182 g/mol. The lowest BCUT2D eigenvalue weighted by Crippen LogP contribution is -2.23. The Hall–Kier alpha value is -0.900. The Morgan fingerprint density at radius 3 is 2.43 bits per heavy atom. The molecule has 4 heteroatoms. The predicted octanol–water partition coefficient (Wildman–Crippen LogP) is 0.985. The van der Waals surface area contributed by atoms with E-state index < -0.39 is 11.8 Å². The summed E-state index contributed by atoms with van der Waals surface area (Å²) >= 11 is 0. The van der Waals surface area contributed by atoms with Crippen molar-refractivity contribution in [2.45, 2.75) is 38.5 Å². The zero-order chi connectivity index (χ0) is 10.4. The highest BCUT2D eigenvalue weighted by Crippen LogP contribution is 2.26. The molecule has 0 heterocycles. The number of carbonyl (C=O) groups is 2. The van der Waals surface area contributed by atoms with E-state index in [4.69, 9.17) is 5.73 Å². The monoisotopic (exact) mass is 199 g/mol. The highest BCUT2D eigenvalue weighted by atomic mass is 16.5. The lowest BCUT2D eigenvalue weighted by atomic mass is 9.86. The maximum Gasteiger partial charge on any atom is 0.375 e. The van der Waals surface area contributed by atoms with E-state index >= 15 is 0 Å². The second-order valence-corrected chi connectivity index (χ2v) is 3.73. The number of nitrogens with two attached hydrogens (primary N) is 1. The molecule has 1 aliphatic rings. The first-order valence-corrected chi connectivity index (χ1v) is 5.14. The predicted molar refractivity (Wildman–Crippen MR) is 51.3 cm³/mol. The van der Waals surface area contributed by atoms with E-state index in [1.165, 1.54) is 19.3 Å². The topological polar surface area (TPSA) is 69.4 Å². The number of hydrogen-bond acceptors (Lipinski definition) is 4. The van der Waals surface area contributed by atoms with Crippen LogP contribution >= 0.6 is 0 Å². The highest BCUT2D eigenvalue weighted by molar-refractivity contribution is 6.33. The lowest BCUT2D eigenvalue weighted by molar-refractivity contribution is -0.154. The van der Waals surface area contributed by atoms with Crippen molar-refractivity contribution in [1.82, 2.24) is 0 Å². The average Bonchev–Trinajstić information content (AvgIpc) is 2.19. The van der Waals surface area contributed by atoms with Gasteiger partial charge in [0.1, 0.15) is 6.73 Å². The lowest BCUT2D eigenvalue weighted by Gasteiger charge is -2.19. The summed E-state index contributed by atoms with van der Waals surface area (Å²) in [4.78, 5) is 22.2. The number of carbonyl (C=O) groups excluding carboxylic acids is 2. The van der Waals surface area contributed by atoms with Crippen LogP contribution in [0.5, 0.6) is 0 Å². The molecule has 0 spiro atoms. The molecule has 0 bridgehead atoms. The van der Waals surface area contributed by atoms with Gasteiger partial charge in [0.05, 0.1) is 0 Å². The first kappa shape index (κ1) is 11.2. The van der Waals surface area contributed by atoms with Crippen LogP contribution in [0.3, 0.4) is 0 Å². The van der Waals surface area contributed by atoms with E-state index in [0.717, 1.165) is 12.8 Å². The molecule has 0 aromatic heterocycles. The van der Waals surface area contributed by atoms with Gasteiger partial charge < -0.3 is 4.74 Å². The van der Waals surface area contributed by atoms with Crippen molar-refractivity contribution in [1.29, 1.82) is 0 Å². The number of hydrogen-bond donors (Lipinski definition) is 1. The van der Waals surface area contributed by atoms with E-state index in [9.17, 15) is 9.59 Å². The largest absolute Gasteiger partial charge is 0.444 e. The molecule has 0 unspecified atom stereocenters. The minimum Gasteiger partial charge on any atom is -0.444 e. The molecule has 80 valence electrons. The third-order valence-electron chi connectivity index (χ3n) is 2.64. The maximum absolute atomic E-state index is 11.3. The number of Topliss-reactive ketones (excluding diaryl/α,β-unsaturated/α-hetero) is 1. The van der Waals surface area contributed by atoms with Crippen LogP contribution in [0.25, 0.3) is 0 Å². The second kappa shape index (κ2) is 5.75. The van der Waals surface area contributed by atoms with Gasteiger partial charge in [0, 0.05) is 6.42 Å². The van der Waals surface area contributed by atoms with Crippen molar-refractivity contribution < 1.29 is 14.3 Å².